The maximum atomic E-state index is 12.8. The number of nitrogens with one attached hydrogen (secondary N) is 3. The number of allylic oxidation sites excluding steroid dienone is 1. The second-order valence-electron chi connectivity index (χ2n) is 9.35. The lowest BCUT2D eigenvalue weighted by Gasteiger charge is -2.30. The minimum atomic E-state index is -0.630. The molecule has 0 fully saturated rings. The molecule has 1 heterocycles. The predicted molar refractivity (Wildman–Crippen MR) is 178 cm³/mol. The van der Waals surface area contributed by atoms with Gasteiger partial charge in [-0.05, 0) is 77.9 Å². The van der Waals surface area contributed by atoms with E-state index in [-0.39, 0.29) is 13.2 Å². The number of methoxy groups -OCH3 is 1. The first kappa shape index (κ1) is 33.0. The van der Waals surface area contributed by atoms with E-state index < -0.39 is 17.9 Å². The van der Waals surface area contributed by atoms with Crippen LogP contribution >= 0.6 is 44.1 Å². The number of benzene rings is 3. The topological polar surface area (TPSA) is 120 Å². The number of halogens is 2. The standard InChI is InChI=1S/C31H30Br2N4O6S/c1-4-41-30(39)28-18(2)35-31(44)36-29(28)22-7-5-6-8-24(22)43-17-27(38)37-34-15-20-13-25(40-3)26(14-23(20)33)42-16-19-9-11-21(32)12-10-19/h5-15,29H,4,16-17H2,1-3H3,(H,37,38)(H2,35,36,44)/t29-/m1/s1. The van der Waals surface area contributed by atoms with Crippen LogP contribution in [0.1, 0.15) is 36.6 Å². The number of rotatable bonds is 12. The molecule has 0 saturated heterocycles. The summed E-state index contributed by atoms with van der Waals surface area (Å²) < 4.78 is 24.3. The highest BCUT2D eigenvalue weighted by molar-refractivity contribution is 9.10. The molecular formula is C31H30Br2N4O6S. The number of nitrogens with zero attached hydrogens (tertiary/aromatic N) is 1. The second kappa shape index (κ2) is 15.7. The maximum absolute atomic E-state index is 12.8. The molecule has 0 unspecified atom stereocenters. The summed E-state index contributed by atoms with van der Waals surface area (Å²) in [6.45, 7) is 3.75. The number of carbonyl (C=O) groups is 2. The molecule has 13 heteroatoms. The Balaban J connectivity index is 1.39. The quantitative estimate of drug-likeness (QED) is 0.0931. The number of hydrogen-bond donors (Lipinski definition) is 3. The van der Waals surface area contributed by atoms with Gasteiger partial charge in [0, 0.05) is 25.8 Å². The Labute approximate surface area is 277 Å². The Morgan fingerprint density at radius 2 is 1.80 bits per heavy atom. The number of esters is 1. The average Bonchev–Trinajstić information content (AvgIpc) is 3.00. The van der Waals surface area contributed by atoms with E-state index in [4.69, 9.17) is 31.2 Å². The van der Waals surface area contributed by atoms with Crippen LogP contribution in [0.4, 0.5) is 0 Å². The van der Waals surface area contributed by atoms with Gasteiger partial charge in [0.25, 0.3) is 5.91 Å². The van der Waals surface area contributed by atoms with Crippen molar-refractivity contribution in [2.24, 2.45) is 5.10 Å². The minimum Gasteiger partial charge on any atom is -0.493 e. The number of carbonyl (C=O) groups excluding carboxylic acids is 2. The highest BCUT2D eigenvalue weighted by atomic mass is 79.9. The van der Waals surface area contributed by atoms with Gasteiger partial charge in [-0.15, -0.1) is 0 Å². The zero-order chi connectivity index (χ0) is 31.6. The van der Waals surface area contributed by atoms with Gasteiger partial charge in [0.15, 0.2) is 23.2 Å². The van der Waals surface area contributed by atoms with Gasteiger partial charge < -0.3 is 29.6 Å². The molecule has 1 atom stereocenters. The Morgan fingerprint density at radius 1 is 1.05 bits per heavy atom. The van der Waals surface area contributed by atoms with Gasteiger partial charge in [-0.1, -0.05) is 46.3 Å². The number of amides is 1. The first-order valence-corrected chi connectivity index (χ1v) is 15.4. The zero-order valence-corrected chi connectivity index (χ0v) is 28.1. The van der Waals surface area contributed by atoms with Crippen LogP contribution in [0.25, 0.3) is 0 Å². The van der Waals surface area contributed by atoms with E-state index >= 15 is 0 Å². The lowest BCUT2D eigenvalue weighted by Crippen LogP contribution is -2.45. The maximum Gasteiger partial charge on any atom is 0.338 e. The Bertz CT molecular complexity index is 1600. The number of ether oxygens (including phenoxy) is 4. The SMILES string of the molecule is CCOC(=O)C1=C(C)NC(=S)N[C@@H]1c1ccccc1OCC(=O)NN=Cc1cc(OC)c(OCc2ccc(Br)cc2)cc1Br. The summed E-state index contributed by atoms with van der Waals surface area (Å²) in [5, 5.41) is 10.5. The molecule has 0 aromatic heterocycles. The summed E-state index contributed by atoms with van der Waals surface area (Å²) in [4.78, 5) is 25.4. The van der Waals surface area contributed by atoms with Crippen LogP contribution in [0.2, 0.25) is 0 Å². The largest absolute Gasteiger partial charge is 0.493 e. The molecule has 230 valence electrons. The molecule has 10 nitrogen and oxygen atoms in total. The number of hydrazone groups is 1. The third-order valence-corrected chi connectivity index (χ3v) is 7.77. The summed E-state index contributed by atoms with van der Waals surface area (Å²) >= 11 is 12.3. The lowest BCUT2D eigenvalue weighted by atomic mass is 9.95. The molecule has 4 rings (SSSR count). The van der Waals surface area contributed by atoms with Crippen molar-refractivity contribution in [2.75, 3.05) is 20.3 Å². The molecular weight excluding hydrogens is 716 g/mol. The van der Waals surface area contributed by atoms with Crippen molar-refractivity contribution >= 4 is 67.3 Å². The fourth-order valence-corrected chi connectivity index (χ4v) is 5.23. The van der Waals surface area contributed by atoms with E-state index in [1.54, 1.807) is 57.4 Å². The number of hydrogen-bond acceptors (Lipinski definition) is 8. The van der Waals surface area contributed by atoms with Crippen LogP contribution in [0.15, 0.2) is 86.0 Å². The molecule has 1 amide bonds. The van der Waals surface area contributed by atoms with Gasteiger partial charge in [0.05, 0.1) is 31.5 Å². The van der Waals surface area contributed by atoms with Crippen LogP contribution in [0.5, 0.6) is 17.2 Å². The van der Waals surface area contributed by atoms with Crippen LogP contribution in [0, 0.1) is 0 Å². The van der Waals surface area contributed by atoms with Crippen molar-refractivity contribution in [1.82, 2.24) is 16.1 Å². The molecule has 0 bridgehead atoms. The van der Waals surface area contributed by atoms with Crippen molar-refractivity contribution in [3.05, 3.63) is 97.6 Å². The first-order chi connectivity index (χ1) is 21.2. The van der Waals surface area contributed by atoms with Crippen LogP contribution in [0.3, 0.4) is 0 Å². The van der Waals surface area contributed by atoms with Crippen molar-refractivity contribution in [2.45, 2.75) is 26.5 Å². The summed E-state index contributed by atoms with van der Waals surface area (Å²) in [6.07, 6.45) is 1.48. The van der Waals surface area contributed by atoms with Crippen molar-refractivity contribution in [1.29, 1.82) is 0 Å². The van der Waals surface area contributed by atoms with Gasteiger partial charge >= 0.3 is 5.97 Å². The molecule has 44 heavy (non-hydrogen) atoms. The molecule has 3 aromatic carbocycles. The highest BCUT2D eigenvalue weighted by Gasteiger charge is 2.32. The zero-order valence-electron chi connectivity index (χ0n) is 24.1. The summed E-state index contributed by atoms with van der Waals surface area (Å²) in [7, 11) is 1.55. The van der Waals surface area contributed by atoms with Gasteiger partial charge in [-0.25, -0.2) is 10.2 Å². The van der Waals surface area contributed by atoms with Gasteiger partial charge in [0.1, 0.15) is 12.4 Å². The van der Waals surface area contributed by atoms with E-state index in [2.05, 4.69) is 53.0 Å². The molecule has 0 spiro atoms. The fourth-order valence-electron chi connectivity index (χ4n) is 4.27. The van der Waals surface area contributed by atoms with Crippen LogP contribution < -0.4 is 30.3 Å². The van der Waals surface area contributed by atoms with Crippen molar-refractivity contribution in [3.63, 3.8) is 0 Å². The third kappa shape index (κ3) is 8.58. The molecule has 1 aliphatic heterocycles. The van der Waals surface area contributed by atoms with Crippen molar-refractivity contribution < 1.29 is 28.5 Å². The number of thiocarbonyl (C=S) groups is 1. The van der Waals surface area contributed by atoms with Crippen LogP contribution in [-0.2, 0) is 20.9 Å². The molecule has 0 radical (unpaired) electrons. The van der Waals surface area contributed by atoms with E-state index in [1.165, 1.54) is 6.21 Å². The predicted octanol–water partition coefficient (Wildman–Crippen LogP) is 5.68. The normalized spacial score (nSPS) is 14.5. The second-order valence-corrected chi connectivity index (χ2v) is 11.5. The first-order valence-electron chi connectivity index (χ1n) is 13.4. The molecule has 3 N–H and O–H groups in total. The highest BCUT2D eigenvalue weighted by Crippen LogP contribution is 2.35. The molecule has 0 saturated carbocycles. The van der Waals surface area contributed by atoms with E-state index in [0.717, 1.165) is 10.0 Å². The average molecular weight is 746 g/mol. The van der Waals surface area contributed by atoms with Crippen molar-refractivity contribution in [3.8, 4) is 17.2 Å². The van der Waals surface area contributed by atoms with Gasteiger partial charge in [-0.2, -0.15) is 5.10 Å². The summed E-state index contributed by atoms with van der Waals surface area (Å²) in [5.41, 5.74) is 5.70. The summed E-state index contributed by atoms with van der Waals surface area (Å²) in [5.74, 6) is 0.493. The lowest BCUT2D eigenvalue weighted by molar-refractivity contribution is -0.139. The smallest absolute Gasteiger partial charge is 0.338 e. The summed E-state index contributed by atoms with van der Waals surface area (Å²) in [6, 6.07) is 17.8. The fraction of sp³-hybridized carbons (Fsp3) is 0.226. The van der Waals surface area contributed by atoms with Gasteiger partial charge in [-0.3, -0.25) is 4.79 Å². The Kier molecular flexibility index (Phi) is 11.8. The Hall–Kier alpha value is -3.94. The monoisotopic (exact) mass is 744 g/mol. The molecule has 1 aliphatic rings. The molecule has 0 aliphatic carbocycles. The molecule has 3 aromatic rings. The Morgan fingerprint density at radius 3 is 2.52 bits per heavy atom. The van der Waals surface area contributed by atoms with E-state index in [0.29, 0.717) is 55.8 Å². The van der Waals surface area contributed by atoms with E-state index in [1.807, 2.05) is 24.3 Å². The minimum absolute atomic E-state index is 0.222. The van der Waals surface area contributed by atoms with Gasteiger partial charge in [0.2, 0.25) is 0 Å². The third-order valence-electron chi connectivity index (χ3n) is 6.34. The number of para-hydroxylation sites is 1. The van der Waals surface area contributed by atoms with Crippen LogP contribution in [-0.4, -0.2) is 43.5 Å². The van der Waals surface area contributed by atoms with E-state index in [9.17, 15) is 9.59 Å².